The number of para-hydroxylation sites is 1. The first-order valence-electron chi connectivity index (χ1n) is 12.5. The molecule has 188 valence electrons. The Morgan fingerprint density at radius 3 is 2.56 bits per heavy atom. The molecule has 0 radical (unpaired) electrons. The Kier molecular flexibility index (Phi) is 8.55. The van der Waals surface area contributed by atoms with Crippen molar-refractivity contribution in [3.63, 3.8) is 0 Å². The summed E-state index contributed by atoms with van der Waals surface area (Å²) in [5.41, 5.74) is 2.91. The molecule has 3 aromatic rings. The summed E-state index contributed by atoms with van der Waals surface area (Å²) in [6.45, 7) is 2.28. The van der Waals surface area contributed by atoms with Crippen molar-refractivity contribution < 1.29 is 19.1 Å². The molecule has 2 heterocycles. The first kappa shape index (κ1) is 25.2. The molecule has 0 saturated heterocycles. The second-order valence-corrected chi connectivity index (χ2v) is 9.25. The number of benzene rings is 2. The molecule has 7 heteroatoms. The Labute approximate surface area is 211 Å². The van der Waals surface area contributed by atoms with E-state index in [1.807, 2.05) is 73.8 Å². The van der Waals surface area contributed by atoms with Gasteiger partial charge in [-0.05, 0) is 36.0 Å². The number of esters is 1. The molecule has 3 N–H and O–H groups in total. The third-order valence-electron chi connectivity index (χ3n) is 6.52. The Bertz CT molecular complexity index is 1220. The topological polar surface area (TPSA) is 100 Å². The summed E-state index contributed by atoms with van der Waals surface area (Å²) in [6.07, 6.45) is 7.58. The van der Waals surface area contributed by atoms with Crippen LogP contribution in [0.5, 0.6) is 0 Å². The van der Waals surface area contributed by atoms with Crippen molar-refractivity contribution in [2.75, 3.05) is 6.61 Å². The van der Waals surface area contributed by atoms with Crippen LogP contribution in [0.4, 0.5) is 0 Å². The molecule has 1 aromatic heterocycles. The second kappa shape index (κ2) is 12.2. The lowest BCUT2D eigenvalue weighted by Crippen LogP contribution is -2.49. The smallest absolute Gasteiger partial charge is 0.309 e. The van der Waals surface area contributed by atoms with Crippen LogP contribution in [0.15, 0.2) is 72.9 Å². The number of carbonyl (C=O) groups excluding carboxylic acids is 3. The van der Waals surface area contributed by atoms with Gasteiger partial charge in [-0.1, -0.05) is 67.6 Å². The minimum atomic E-state index is -0.732. The zero-order valence-electron chi connectivity index (χ0n) is 20.5. The highest BCUT2D eigenvalue weighted by atomic mass is 16.5. The van der Waals surface area contributed by atoms with E-state index < -0.39 is 6.04 Å². The molecule has 1 aliphatic heterocycles. The van der Waals surface area contributed by atoms with Crippen LogP contribution in [0.1, 0.15) is 49.8 Å². The highest BCUT2D eigenvalue weighted by molar-refractivity contribution is 5.90. The van der Waals surface area contributed by atoms with Crippen LogP contribution in [-0.2, 0) is 25.5 Å². The fourth-order valence-electron chi connectivity index (χ4n) is 4.55. The van der Waals surface area contributed by atoms with Crippen molar-refractivity contribution in [1.82, 2.24) is 15.6 Å². The van der Waals surface area contributed by atoms with Crippen molar-refractivity contribution >= 4 is 28.7 Å². The number of fused-ring (bicyclic) bond motifs is 1. The van der Waals surface area contributed by atoms with Crippen molar-refractivity contribution in [2.45, 2.75) is 51.1 Å². The first-order chi connectivity index (χ1) is 17.5. The van der Waals surface area contributed by atoms with Crippen molar-refractivity contribution in [3.05, 3.63) is 84.1 Å². The summed E-state index contributed by atoms with van der Waals surface area (Å²) in [4.78, 5) is 41.7. The van der Waals surface area contributed by atoms with Gasteiger partial charge in [-0.25, -0.2) is 0 Å². The van der Waals surface area contributed by atoms with E-state index in [0.717, 1.165) is 22.0 Å². The number of H-pyrrole nitrogens is 1. The van der Waals surface area contributed by atoms with Crippen molar-refractivity contribution in [1.29, 1.82) is 0 Å². The van der Waals surface area contributed by atoms with Crippen molar-refractivity contribution in [3.8, 4) is 0 Å². The van der Waals surface area contributed by atoms with E-state index in [2.05, 4.69) is 15.6 Å². The SMILES string of the molecule is C[C@H]1/C=C/CC(=O)OCCCCC(=O)N[C@@H](Cc2c[nH]c3ccccc23)C(=O)N[C@H]1c1ccccc1. The molecule has 0 unspecified atom stereocenters. The third kappa shape index (κ3) is 6.62. The van der Waals surface area contributed by atoms with E-state index in [9.17, 15) is 14.4 Å². The van der Waals surface area contributed by atoms with Gasteiger partial charge >= 0.3 is 5.97 Å². The van der Waals surface area contributed by atoms with E-state index in [1.165, 1.54) is 0 Å². The van der Waals surface area contributed by atoms with Gasteiger partial charge in [0.05, 0.1) is 19.1 Å². The summed E-state index contributed by atoms with van der Waals surface area (Å²) in [7, 11) is 0. The first-order valence-corrected chi connectivity index (χ1v) is 12.5. The zero-order valence-corrected chi connectivity index (χ0v) is 20.5. The molecule has 1 aliphatic rings. The van der Waals surface area contributed by atoms with Crippen LogP contribution in [0.3, 0.4) is 0 Å². The number of hydrogen-bond donors (Lipinski definition) is 3. The number of rotatable bonds is 3. The molecule has 7 nitrogen and oxygen atoms in total. The molecular formula is C29H33N3O4. The van der Waals surface area contributed by atoms with Gasteiger partial charge < -0.3 is 20.4 Å². The zero-order chi connectivity index (χ0) is 25.3. The number of nitrogens with one attached hydrogen (secondary N) is 3. The number of aromatic amines is 1. The summed E-state index contributed by atoms with van der Waals surface area (Å²) < 4.78 is 5.28. The van der Waals surface area contributed by atoms with Gasteiger partial charge in [0.2, 0.25) is 11.8 Å². The minimum absolute atomic E-state index is 0.0958. The largest absolute Gasteiger partial charge is 0.465 e. The Morgan fingerprint density at radius 1 is 0.944 bits per heavy atom. The third-order valence-corrected chi connectivity index (χ3v) is 6.52. The van der Waals surface area contributed by atoms with Gasteiger partial charge in [-0.15, -0.1) is 0 Å². The summed E-state index contributed by atoms with van der Waals surface area (Å²) in [5, 5.41) is 7.16. The maximum atomic E-state index is 13.7. The Morgan fingerprint density at radius 2 is 1.72 bits per heavy atom. The summed E-state index contributed by atoms with van der Waals surface area (Å²) in [6, 6.07) is 16.6. The number of amides is 2. The van der Waals surface area contributed by atoms with Gasteiger partial charge in [0.25, 0.3) is 0 Å². The number of hydrogen-bond acceptors (Lipinski definition) is 4. The van der Waals surface area contributed by atoms with Crippen LogP contribution in [0.25, 0.3) is 10.9 Å². The summed E-state index contributed by atoms with van der Waals surface area (Å²) in [5.74, 6) is -0.831. The monoisotopic (exact) mass is 487 g/mol. The molecule has 4 rings (SSSR count). The average molecular weight is 488 g/mol. The highest BCUT2D eigenvalue weighted by Gasteiger charge is 2.27. The van der Waals surface area contributed by atoms with Gasteiger partial charge in [0.15, 0.2) is 0 Å². The molecule has 0 saturated carbocycles. The van der Waals surface area contributed by atoms with E-state index >= 15 is 0 Å². The lowest BCUT2D eigenvalue weighted by Gasteiger charge is -2.27. The van der Waals surface area contributed by atoms with E-state index in [-0.39, 0.29) is 49.2 Å². The van der Waals surface area contributed by atoms with Crippen LogP contribution in [0, 0.1) is 5.92 Å². The molecular weight excluding hydrogens is 454 g/mol. The maximum absolute atomic E-state index is 13.7. The minimum Gasteiger partial charge on any atom is -0.465 e. The van der Waals surface area contributed by atoms with E-state index in [0.29, 0.717) is 19.3 Å². The summed E-state index contributed by atoms with van der Waals surface area (Å²) >= 11 is 0. The number of ether oxygens (including phenoxy) is 1. The van der Waals surface area contributed by atoms with Crippen LogP contribution < -0.4 is 10.6 Å². The van der Waals surface area contributed by atoms with Gasteiger partial charge in [-0.3, -0.25) is 14.4 Å². The lowest BCUT2D eigenvalue weighted by atomic mass is 9.93. The van der Waals surface area contributed by atoms with E-state index in [4.69, 9.17) is 4.74 Å². The van der Waals surface area contributed by atoms with Crippen molar-refractivity contribution in [2.24, 2.45) is 5.92 Å². The predicted molar refractivity (Wildman–Crippen MR) is 139 cm³/mol. The fourth-order valence-corrected chi connectivity index (χ4v) is 4.55. The molecule has 36 heavy (non-hydrogen) atoms. The highest BCUT2D eigenvalue weighted by Crippen LogP contribution is 2.25. The van der Waals surface area contributed by atoms with Gasteiger partial charge in [-0.2, -0.15) is 0 Å². The molecule has 0 spiro atoms. The molecule has 3 atom stereocenters. The molecule has 2 aromatic carbocycles. The van der Waals surface area contributed by atoms with Crippen LogP contribution in [0.2, 0.25) is 0 Å². The molecule has 0 aliphatic carbocycles. The van der Waals surface area contributed by atoms with E-state index in [1.54, 1.807) is 6.08 Å². The number of aromatic nitrogens is 1. The Balaban J connectivity index is 1.62. The van der Waals surface area contributed by atoms with Crippen LogP contribution >= 0.6 is 0 Å². The normalized spacial score (nSPS) is 23.5. The Hall–Kier alpha value is -3.87. The molecule has 0 bridgehead atoms. The molecule has 0 fully saturated rings. The van der Waals surface area contributed by atoms with Crippen LogP contribution in [-0.4, -0.2) is 35.4 Å². The quantitative estimate of drug-likeness (QED) is 0.377. The molecule has 2 amide bonds. The number of carbonyl (C=O) groups is 3. The predicted octanol–water partition coefficient (Wildman–Crippen LogP) is 4.36. The standard InChI is InChI=1S/C29H33N3O4/c1-20-10-9-16-27(34)36-17-8-7-15-26(33)31-25(18-22-19-30-24-14-6-5-13-23(22)24)29(35)32-28(20)21-11-3-2-4-12-21/h2-6,9-14,19-20,25,28,30H,7-8,15-18H2,1H3,(H,31,33)(H,32,35)/b10-9+/t20-,25-,28+/m0/s1. The second-order valence-electron chi connectivity index (χ2n) is 9.25. The van der Waals surface area contributed by atoms with Gasteiger partial charge in [0, 0.05) is 29.9 Å². The fraction of sp³-hybridized carbons (Fsp3) is 0.345. The lowest BCUT2D eigenvalue weighted by molar-refractivity contribution is -0.142. The maximum Gasteiger partial charge on any atom is 0.309 e. The average Bonchev–Trinajstić information content (AvgIpc) is 3.29. The van der Waals surface area contributed by atoms with Gasteiger partial charge in [0.1, 0.15) is 6.04 Å². The number of cyclic esters (lactones) is 1.